The zero-order chi connectivity index (χ0) is 26.2. The molecule has 0 aliphatic rings. The molecule has 188 valence electrons. The average molecular weight is 493 g/mol. The van der Waals surface area contributed by atoms with Crippen LogP contribution in [0.1, 0.15) is 27.0 Å². The Hall–Kier alpha value is -4.42. The number of carbonyl (C=O) groups excluding carboxylic acids is 1. The second-order valence-electron chi connectivity index (χ2n) is 9.23. The summed E-state index contributed by atoms with van der Waals surface area (Å²) in [5, 5.41) is 21.3. The van der Waals surface area contributed by atoms with Crippen molar-refractivity contribution in [3.05, 3.63) is 125 Å². The maximum absolute atomic E-state index is 13.3. The minimum Gasteiger partial charge on any atom is -0.399 e. The molecule has 0 saturated heterocycles. The number of amidine groups is 1. The van der Waals surface area contributed by atoms with E-state index in [9.17, 15) is 9.90 Å². The van der Waals surface area contributed by atoms with Crippen molar-refractivity contribution in [2.45, 2.75) is 18.9 Å². The number of nitrogen functional groups attached to an aromatic ring is 2. The molecule has 2 unspecified atom stereocenters. The molecule has 0 saturated carbocycles. The van der Waals surface area contributed by atoms with E-state index >= 15 is 0 Å². The zero-order valence-corrected chi connectivity index (χ0v) is 20.6. The minimum absolute atomic E-state index is 0.00169. The molecule has 2 atom stereocenters. The minimum atomic E-state index is -0.311. The number of aliphatic hydroxyl groups is 1. The van der Waals surface area contributed by atoms with Gasteiger partial charge in [-0.2, -0.15) is 0 Å². The molecule has 6 heteroatoms. The molecule has 0 bridgehead atoms. The molecule has 7 N–H and O–H groups in total. The van der Waals surface area contributed by atoms with Gasteiger partial charge in [0.2, 0.25) is 0 Å². The third kappa shape index (κ3) is 6.84. The molecule has 0 spiro atoms. The largest absolute Gasteiger partial charge is 0.399 e. The first-order valence-electron chi connectivity index (χ1n) is 12.3. The highest BCUT2D eigenvalue weighted by atomic mass is 16.3. The highest BCUT2D eigenvalue weighted by molar-refractivity contribution is 5.95. The van der Waals surface area contributed by atoms with Gasteiger partial charge < -0.3 is 21.9 Å². The first kappa shape index (κ1) is 25.7. The van der Waals surface area contributed by atoms with E-state index in [0.29, 0.717) is 29.7 Å². The number of hydrogen-bond donors (Lipinski definition) is 5. The van der Waals surface area contributed by atoms with Crippen LogP contribution >= 0.6 is 0 Å². The van der Waals surface area contributed by atoms with Crippen molar-refractivity contribution >= 4 is 17.4 Å². The molecule has 37 heavy (non-hydrogen) atoms. The van der Waals surface area contributed by atoms with Gasteiger partial charge in [0, 0.05) is 35.4 Å². The lowest BCUT2D eigenvalue weighted by Crippen LogP contribution is -2.44. The highest BCUT2D eigenvalue weighted by Gasteiger charge is 2.24. The van der Waals surface area contributed by atoms with Crippen molar-refractivity contribution in [3.63, 3.8) is 0 Å². The van der Waals surface area contributed by atoms with Gasteiger partial charge in [-0.05, 0) is 65.4 Å². The van der Waals surface area contributed by atoms with Crippen molar-refractivity contribution in [3.8, 4) is 11.1 Å². The van der Waals surface area contributed by atoms with Crippen LogP contribution in [0.15, 0.2) is 103 Å². The van der Waals surface area contributed by atoms with Crippen LogP contribution in [-0.2, 0) is 12.8 Å². The normalized spacial score (nSPS) is 12.5. The Morgan fingerprint density at radius 3 is 2.16 bits per heavy atom. The van der Waals surface area contributed by atoms with Crippen molar-refractivity contribution in [1.82, 2.24) is 5.32 Å². The first-order chi connectivity index (χ1) is 17.9. The lowest BCUT2D eigenvalue weighted by Gasteiger charge is -2.27. The van der Waals surface area contributed by atoms with Crippen LogP contribution in [0.5, 0.6) is 0 Å². The quantitative estimate of drug-likeness (QED) is 0.128. The fraction of sp³-hybridized carbons (Fsp3) is 0.161. The third-order valence-corrected chi connectivity index (χ3v) is 6.52. The molecular formula is C31H32N4O2. The summed E-state index contributed by atoms with van der Waals surface area (Å²) in [5.74, 6) is -0.438. The zero-order valence-electron chi connectivity index (χ0n) is 20.6. The van der Waals surface area contributed by atoms with Crippen LogP contribution in [0, 0.1) is 11.3 Å². The predicted molar refractivity (Wildman–Crippen MR) is 149 cm³/mol. The molecule has 0 radical (unpaired) electrons. The molecule has 0 aliphatic heterocycles. The Labute approximate surface area is 217 Å². The fourth-order valence-corrected chi connectivity index (χ4v) is 4.49. The Kier molecular flexibility index (Phi) is 8.33. The van der Waals surface area contributed by atoms with Gasteiger partial charge in [0.25, 0.3) is 5.91 Å². The van der Waals surface area contributed by atoms with E-state index < -0.39 is 0 Å². The number of nitrogens with two attached hydrogens (primary N) is 2. The van der Waals surface area contributed by atoms with E-state index in [2.05, 4.69) is 5.32 Å². The molecule has 4 rings (SSSR count). The van der Waals surface area contributed by atoms with Crippen molar-refractivity contribution in [2.24, 2.45) is 11.7 Å². The van der Waals surface area contributed by atoms with Gasteiger partial charge in [-0.1, -0.05) is 72.8 Å². The van der Waals surface area contributed by atoms with Gasteiger partial charge in [0.15, 0.2) is 0 Å². The summed E-state index contributed by atoms with van der Waals surface area (Å²) < 4.78 is 0. The number of nitrogens with one attached hydrogen (secondary N) is 2. The summed E-state index contributed by atoms with van der Waals surface area (Å²) in [4.78, 5) is 13.3. The van der Waals surface area contributed by atoms with Gasteiger partial charge in [-0.3, -0.25) is 10.2 Å². The maximum atomic E-state index is 13.3. The van der Waals surface area contributed by atoms with E-state index in [1.54, 1.807) is 18.2 Å². The number of anilines is 1. The predicted octanol–water partition coefficient (Wildman–Crippen LogP) is 4.41. The fourth-order valence-electron chi connectivity index (χ4n) is 4.49. The second kappa shape index (κ2) is 12.0. The highest BCUT2D eigenvalue weighted by Crippen LogP contribution is 2.23. The number of rotatable bonds is 10. The molecular weight excluding hydrogens is 460 g/mol. The Balaban J connectivity index is 1.55. The molecule has 0 aliphatic carbocycles. The number of benzene rings is 4. The SMILES string of the molecule is N=C(N)c1cccc(CC(CO)C(Cc2ccccc2)NC(=O)c2ccc(-c3cccc(N)c3)cc2)c1. The Bertz CT molecular complexity index is 1350. The first-order valence-corrected chi connectivity index (χ1v) is 12.3. The molecule has 0 fully saturated rings. The van der Waals surface area contributed by atoms with Gasteiger partial charge in [0.05, 0.1) is 0 Å². The smallest absolute Gasteiger partial charge is 0.251 e. The van der Waals surface area contributed by atoms with Crippen LogP contribution in [0.2, 0.25) is 0 Å². The second-order valence-corrected chi connectivity index (χ2v) is 9.23. The van der Waals surface area contributed by atoms with E-state index in [4.69, 9.17) is 16.9 Å². The summed E-state index contributed by atoms with van der Waals surface area (Å²) in [6, 6.07) is 32.1. The van der Waals surface area contributed by atoms with E-state index in [0.717, 1.165) is 22.3 Å². The Morgan fingerprint density at radius 2 is 1.49 bits per heavy atom. The van der Waals surface area contributed by atoms with Gasteiger partial charge in [0.1, 0.15) is 5.84 Å². The number of hydrogen-bond acceptors (Lipinski definition) is 4. The average Bonchev–Trinajstić information content (AvgIpc) is 2.92. The van der Waals surface area contributed by atoms with Crippen LogP contribution < -0.4 is 16.8 Å². The van der Waals surface area contributed by atoms with E-state index in [1.165, 1.54) is 0 Å². The van der Waals surface area contributed by atoms with Crippen molar-refractivity contribution < 1.29 is 9.90 Å². The summed E-state index contributed by atoms with van der Waals surface area (Å²) in [7, 11) is 0. The monoisotopic (exact) mass is 492 g/mol. The summed E-state index contributed by atoms with van der Waals surface area (Å²) in [5.41, 5.74) is 17.4. The van der Waals surface area contributed by atoms with Gasteiger partial charge in [-0.15, -0.1) is 0 Å². The van der Waals surface area contributed by atoms with Crippen LogP contribution in [0.4, 0.5) is 5.69 Å². The van der Waals surface area contributed by atoms with Crippen molar-refractivity contribution in [2.75, 3.05) is 12.3 Å². The third-order valence-electron chi connectivity index (χ3n) is 6.52. The molecule has 4 aromatic rings. The molecule has 0 heterocycles. The van der Waals surface area contributed by atoms with E-state index in [-0.39, 0.29) is 30.3 Å². The van der Waals surface area contributed by atoms with Crippen molar-refractivity contribution in [1.29, 1.82) is 5.41 Å². The molecule has 6 nitrogen and oxygen atoms in total. The maximum Gasteiger partial charge on any atom is 0.251 e. The molecule has 4 aromatic carbocycles. The lowest BCUT2D eigenvalue weighted by atomic mass is 9.88. The number of carbonyl (C=O) groups is 1. The van der Waals surface area contributed by atoms with Gasteiger partial charge in [-0.25, -0.2) is 0 Å². The summed E-state index contributed by atoms with van der Waals surface area (Å²) in [6.07, 6.45) is 1.11. The van der Waals surface area contributed by atoms with Gasteiger partial charge >= 0.3 is 0 Å². The number of amides is 1. The summed E-state index contributed by atoms with van der Waals surface area (Å²) in [6.45, 7) is -0.101. The van der Waals surface area contributed by atoms with Crippen LogP contribution in [-0.4, -0.2) is 29.5 Å². The standard InChI is InChI=1S/C31H32N4O2/c32-28-11-5-9-25(19-28)23-12-14-24(15-13-23)31(37)35-29(18-21-6-2-1-3-7-21)27(20-36)17-22-8-4-10-26(16-22)30(33)34/h1-16,19,27,29,36H,17-18,20,32H2,(H3,33,34)(H,35,37). The molecule has 1 amide bonds. The topological polar surface area (TPSA) is 125 Å². The Morgan fingerprint density at radius 1 is 0.784 bits per heavy atom. The summed E-state index contributed by atoms with van der Waals surface area (Å²) >= 11 is 0. The molecule has 0 aromatic heterocycles. The van der Waals surface area contributed by atoms with E-state index in [1.807, 2.05) is 84.9 Å². The lowest BCUT2D eigenvalue weighted by molar-refractivity contribution is 0.0903. The van der Waals surface area contributed by atoms with Crippen LogP contribution in [0.25, 0.3) is 11.1 Å². The number of aliphatic hydroxyl groups excluding tert-OH is 1. The van der Waals surface area contributed by atoms with Crippen LogP contribution in [0.3, 0.4) is 0 Å².